The quantitative estimate of drug-likeness (QED) is 0.393. The zero-order chi connectivity index (χ0) is 26.2. The molecule has 0 radical (unpaired) electrons. The fourth-order valence-electron chi connectivity index (χ4n) is 5.33. The molecule has 2 aliphatic heterocycles. The summed E-state index contributed by atoms with van der Waals surface area (Å²) < 4.78 is 32.6. The van der Waals surface area contributed by atoms with Gasteiger partial charge < -0.3 is 24.4 Å². The van der Waals surface area contributed by atoms with Gasteiger partial charge in [0.15, 0.2) is 0 Å². The second-order valence-electron chi connectivity index (χ2n) is 10.4. The molecular weight excluding hydrogens is 495 g/mol. The molecule has 2 aliphatic rings. The second kappa shape index (κ2) is 10.7. The molecule has 1 saturated heterocycles. The van der Waals surface area contributed by atoms with Gasteiger partial charge in [0.05, 0.1) is 30.5 Å². The predicted octanol–water partition coefficient (Wildman–Crippen LogP) is 6.03. The van der Waals surface area contributed by atoms with E-state index in [2.05, 4.69) is 0 Å². The van der Waals surface area contributed by atoms with Crippen LogP contribution in [0.5, 0.6) is 5.75 Å². The van der Waals surface area contributed by atoms with Crippen molar-refractivity contribution in [2.75, 3.05) is 13.2 Å². The molecule has 0 aromatic heterocycles. The normalized spacial score (nSPS) is 24.6. The van der Waals surface area contributed by atoms with Crippen LogP contribution >= 0.6 is 11.6 Å². The Hall–Kier alpha value is -2.48. The van der Waals surface area contributed by atoms with Crippen LogP contribution in [0.4, 0.5) is 4.39 Å². The van der Waals surface area contributed by atoms with Crippen molar-refractivity contribution in [1.29, 1.82) is 0 Å². The Kier molecular flexibility index (Phi) is 7.57. The SMILES string of the molecule is CC1(C)OC(COc2ccc(Cc3cc([C@H]4C[C@@H](O)C[C@@H](CO)O4)ccc3Cl)cc2)c2c(F)cccc21. The molecule has 0 amide bonds. The zero-order valence-electron chi connectivity index (χ0n) is 21.0. The highest BCUT2D eigenvalue weighted by molar-refractivity contribution is 6.31. The Morgan fingerprint density at radius 2 is 1.86 bits per heavy atom. The number of hydrogen-bond donors (Lipinski definition) is 2. The molecule has 2 N–H and O–H groups in total. The lowest BCUT2D eigenvalue weighted by atomic mass is 9.94. The van der Waals surface area contributed by atoms with Crippen LogP contribution in [0.1, 0.15) is 66.7 Å². The first kappa shape index (κ1) is 26.1. The first-order valence-corrected chi connectivity index (χ1v) is 13.0. The number of fused-ring (bicyclic) bond motifs is 1. The van der Waals surface area contributed by atoms with Crippen molar-refractivity contribution in [3.8, 4) is 5.75 Å². The van der Waals surface area contributed by atoms with E-state index >= 15 is 0 Å². The maximum absolute atomic E-state index is 14.5. The Morgan fingerprint density at radius 1 is 1.08 bits per heavy atom. The Morgan fingerprint density at radius 3 is 2.62 bits per heavy atom. The minimum Gasteiger partial charge on any atom is -0.491 e. The first-order chi connectivity index (χ1) is 17.7. The number of aliphatic hydroxyl groups is 2. The summed E-state index contributed by atoms with van der Waals surface area (Å²) in [5, 5.41) is 20.3. The number of aliphatic hydroxyl groups excluding tert-OH is 2. The number of ether oxygens (including phenoxy) is 3. The smallest absolute Gasteiger partial charge is 0.129 e. The molecule has 1 fully saturated rings. The van der Waals surface area contributed by atoms with Crippen molar-refractivity contribution >= 4 is 11.6 Å². The number of benzene rings is 3. The summed E-state index contributed by atoms with van der Waals surface area (Å²) in [6.45, 7) is 3.97. The van der Waals surface area contributed by atoms with Gasteiger partial charge in [0.25, 0.3) is 0 Å². The summed E-state index contributed by atoms with van der Waals surface area (Å²) in [5.41, 5.74) is 3.80. The monoisotopic (exact) mass is 526 g/mol. The minimum atomic E-state index is -0.567. The molecule has 0 saturated carbocycles. The lowest BCUT2D eigenvalue weighted by molar-refractivity contribution is -0.113. The van der Waals surface area contributed by atoms with E-state index in [9.17, 15) is 14.6 Å². The average Bonchev–Trinajstić information content (AvgIpc) is 3.15. The van der Waals surface area contributed by atoms with Crippen LogP contribution in [0.25, 0.3) is 0 Å². The van der Waals surface area contributed by atoms with E-state index in [4.69, 9.17) is 25.8 Å². The summed E-state index contributed by atoms with van der Waals surface area (Å²) in [6, 6.07) is 18.6. The first-order valence-electron chi connectivity index (χ1n) is 12.6. The van der Waals surface area contributed by atoms with Crippen LogP contribution < -0.4 is 4.74 Å². The van der Waals surface area contributed by atoms with Crippen LogP contribution in [0.15, 0.2) is 60.7 Å². The fraction of sp³-hybridized carbons (Fsp3) is 0.400. The molecule has 196 valence electrons. The number of halogens is 2. The van der Waals surface area contributed by atoms with E-state index in [0.717, 1.165) is 22.3 Å². The van der Waals surface area contributed by atoms with Gasteiger partial charge in [-0.3, -0.25) is 0 Å². The van der Waals surface area contributed by atoms with Crippen molar-refractivity contribution in [1.82, 2.24) is 0 Å². The molecule has 1 unspecified atom stereocenters. The summed E-state index contributed by atoms with van der Waals surface area (Å²) >= 11 is 6.50. The van der Waals surface area contributed by atoms with Gasteiger partial charge in [-0.05, 0) is 66.8 Å². The number of hydrogen-bond acceptors (Lipinski definition) is 5. The van der Waals surface area contributed by atoms with Gasteiger partial charge in [0.1, 0.15) is 24.3 Å². The average molecular weight is 527 g/mol. The van der Waals surface area contributed by atoms with E-state index in [1.807, 2.05) is 62.4 Å². The van der Waals surface area contributed by atoms with Crippen LogP contribution in [0.2, 0.25) is 5.02 Å². The highest BCUT2D eigenvalue weighted by Gasteiger charge is 2.40. The van der Waals surface area contributed by atoms with Crippen molar-refractivity contribution in [3.63, 3.8) is 0 Å². The Balaban J connectivity index is 1.24. The predicted molar refractivity (Wildman–Crippen MR) is 139 cm³/mol. The molecule has 0 aliphatic carbocycles. The Bertz CT molecular complexity index is 1250. The summed E-state index contributed by atoms with van der Waals surface area (Å²) in [7, 11) is 0. The fourth-order valence-corrected chi connectivity index (χ4v) is 5.52. The molecule has 2 heterocycles. The van der Waals surface area contributed by atoms with Gasteiger partial charge in [-0.15, -0.1) is 0 Å². The molecule has 3 aromatic rings. The summed E-state index contributed by atoms with van der Waals surface area (Å²) in [6.07, 6.45) is -0.0963. The van der Waals surface area contributed by atoms with Gasteiger partial charge in [-0.2, -0.15) is 0 Å². The molecule has 5 nitrogen and oxygen atoms in total. The molecule has 37 heavy (non-hydrogen) atoms. The van der Waals surface area contributed by atoms with Gasteiger partial charge in [0, 0.05) is 23.4 Å². The molecule has 4 atom stereocenters. The molecule has 7 heteroatoms. The van der Waals surface area contributed by atoms with Crippen molar-refractivity contribution in [2.24, 2.45) is 0 Å². The third-order valence-corrected chi connectivity index (χ3v) is 7.57. The van der Waals surface area contributed by atoms with E-state index in [1.165, 1.54) is 6.07 Å². The summed E-state index contributed by atoms with van der Waals surface area (Å²) in [5.74, 6) is 0.403. The highest BCUT2D eigenvalue weighted by atomic mass is 35.5. The van der Waals surface area contributed by atoms with Crippen molar-refractivity contribution < 1.29 is 28.8 Å². The third-order valence-electron chi connectivity index (χ3n) is 7.20. The van der Waals surface area contributed by atoms with E-state index < -0.39 is 17.8 Å². The standard InChI is InChI=1S/C30H32ClFO5/c1-30(2)24-4-3-5-26(32)29(24)28(37-30)17-35-22-9-6-18(7-10-22)12-20-13-19(8-11-25(20)31)27-15-21(34)14-23(16-33)36-27/h3-11,13,21,23,27-28,33-34H,12,14-17H2,1-2H3/t21-,23-,27+,28?/m0/s1. The zero-order valence-corrected chi connectivity index (χ0v) is 21.7. The lowest BCUT2D eigenvalue weighted by Gasteiger charge is -2.32. The maximum Gasteiger partial charge on any atom is 0.129 e. The van der Waals surface area contributed by atoms with Crippen LogP contribution in [-0.4, -0.2) is 35.6 Å². The van der Waals surface area contributed by atoms with Crippen LogP contribution in [-0.2, 0) is 21.5 Å². The van der Waals surface area contributed by atoms with E-state index in [-0.39, 0.29) is 31.2 Å². The van der Waals surface area contributed by atoms with E-state index in [1.54, 1.807) is 6.07 Å². The minimum absolute atomic E-state index is 0.117. The Labute approximate surface area is 221 Å². The molecule has 5 rings (SSSR count). The maximum atomic E-state index is 14.5. The lowest BCUT2D eigenvalue weighted by Crippen LogP contribution is -2.33. The molecular formula is C30H32ClFO5. The summed E-state index contributed by atoms with van der Waals surface area (Å²) in [4.78, 5) is 0. The second-order valence-corrected chi connectivity index (χ2v) is 10.8. The van der Waals surface area contributed by atoms with Crippen LogP contribution in [0, 0.1) is 5.82 Å². The van der Waals surface area contributed by atoms with E-state index in [0.29, 0.717) is 35.6 Å². The third kappa shape index (κ3) is 5.69. The largest absolute Gasteiger partial charge is 0.491 e. The van der Waals surface area contributed by atoms with Gasteiger partial charge in [0.2, 0.25) is 0 Å². The molecule has 0 spiro atoms. The van der Waals surface area contributed by atoms with Crippen molar-refractivity contribution in [2.45, 2.75) is 63.1 Å². The topological polar surface area (TPSA) is 68.2 Å². The molecule has 3 aromatic carbocycles. The van der Waals surface area contributed by atoms with Crippen LogP contribution in [0.3, 0.4) is 0 Å². The van der Waals surface area contributed by atoms with Gasteiger partial charge in [-0.1, -0.05) is 48.0 Å². The van der Waals surface area contributed by atoms with Gasteiger partial charge in [-0.25, -0.2) is 4.39 Å². The number of rotatable bonds is 7. The molecule has 0 bridgehead atoms. The van der Waals surface area contributed by atoms with Gasteiger partial charge >= 0.3 is 0 Å². The highest BCUT2D eigenvalue weighted by Crippen LogP contribution is 2.44. The van der Waals surface area contributed by atoms with Crippen molar-refractivity contribution in [3.05, 3.63) is 99.3 Å².